The first-order valence-electron chi connectivity index (χ1n) is 10.1. The Bertz CT molecular complexity index is 1260. The second-order valence-corrected chi connectivity index (χ2v) is 8.02. The molecule has 0 unspecified atom stereocenters. The molecule has 5 rings (SSSR count). The van der Waals surface area contributed by atoms with E-state index in [4.69, 9.17) is 16.0 Å². The Morgan fingerprint density at radius 2 is 2.00 bits per heavy atom. The van der Waals surface area contributed by atoms with E-state index in [0.29, 0.717) is 16.3 Å². The highest BCUT2D eigenvalue weighted by molar-refractivity contribution is 6.35. The SMILES string of the molecule is Cc1c(C(=O)Nc2cccc(-c3nnc4n3CCCCC4)c2)oc2c(Cl)cccc12. The smallest absolute Gasteiger partial charge is 0.291 e. The molecule has 7 heteroatoms. The molecule has 0 aliphatic carbocycles. The van der Waals surface area contributed by atoms with Crippen molar-refractivity contribution >= 4 is 34.2 Å². The van der Waals surface area contributed by atoms with Crippen LogP contribution in [0.1, 0.15) is 41.2 Å². The van der Waals surface area contributed by atoms with Crippen molar-refractivity contribution in [2.24, 2.45) is 0 Å². The van der Waals surface area contributed by atoms with Gasteiger partial charge in [-0.3, -0.25) is 4.79 Å². The van der Waals surface area contributed by atoms with Crippen LogP contribution in [0.4, 0.5) is 5.69 Å². The molecule has 0 fully saturated rings. The van der Waals surface area contributed by atoms with Crippen molar-refractivity contribution in [1.82, 2.24) is 14.8 Å². The molecule has 0 saturated carbocycles. The average Bonchev–Trinajstić information content (AvgIpc) is 3.22. The molecular weight excluding hydrogens is 400 g/mol. The van der Waals surface area contributed by atoms with Gasteiger partial charge < -0.3 is 14.3 Å². The van der Waals surface area contributed by atoms with E-state index in [1.807, 2.05) is 43.3 Å². The zero-order valence-corrected chi connectivity index (χ0v) is 17.4. The number of halogens is 1. The molecule has 1 amide bonds. The van der Waals surface area contributed by atoms with Crippen molar-refractivity contribution in [2.75, 3.05) is 5.32 Å². The molecule has 30 heavy (non-hydrogen) atoms. The van der Waals surface area contributed by atoms with Crippen LogP contribution in [0.25, 0.3) is 22.4 Å². The summed E-state index contributed by atoms with van der Waals surface area (Å²) in [5.41, 5.74) is 2.90. The first-order valence-corrected chi connectivity index (χ1v) is 10.5. The highest BCUT2D eigenvalue weighted by Crippen LogP contribution is 2.31. The molecule has 6 nitrogen and oxygen atoms in total. The van der Waals surface area contributed by atoms with Crippen molar-refractivity contribution in [2.45, 2.75) is 39.2 Å². The number of carbonyl (C=O) groups is 1. The minimum atomic E-state index is -0.308. The van der Waals surface area contributed by atoms with E-state index in [1.54, 1.807) is 6.07 Å². The Labute approximate surface area is 178 Å². The summed E-state index contributed by atoms with van der Waals surface area (Å²) in [6.07, 6.45) is 4.44. The van der Waals surface area contributed by atoms with Crippen molar-refractivity contribution in [3.8, 4) is 11.4 Å². The molecule has 0 saturated heterocycles. The van der Waals surface area contributed by atoms with Gasteiger partial charge in [0, 0.05) is 35.2 Å². The van der Waals surface area contributed by atoms with Crippen LogP contribution in [0.15, 0.2) is 46.9 Å². The predicted molar refractivity (Wildman–Crippen MR) is 117 cm³/mol. The van der Waals surface area contributed by atoms with Crippen LogP contribution in [0, 0.1) is 6.92 Å². The number of fused-ring (bicyclic) bond motifs is 2. The Kier molecular flexibility index (Phi) is 4.79. The second kappa shape index (κ2) is 7.61. The third-order valence-corrected chi connectivity index (χ3v) is 5.91. The zero-order chi connectivity index (χ0) is 20.7. The number of nitrogens with zero attached hydrogens (tertiary/aromatic N) is 3. The van der Waals surface area contributed by atoms with Crippen LogP contribution in [0.3, 0.4) is 0 Å². The summed E-state index contributed by atoms with van der Waals surface area (Å²) < 4.78 is 7.98. The molecule has 2 aromatic carbocycles. The fraction of sp³-hybridized carbons (Fsp3) is 0.261. The minimum absolute atomic E-state index is 0.264. The second-order valence-electron chi connectivity index (χ2n) is 7.61. The zero-order valence-electron chi connectivity index (χ0n) is 16.6. The molecule has 152 valence electrons. The normalized spacial score (nSPS) is 13.8. The summed E-state index contributed by atoms with van der Waals surface area (Å²) in [5, 5.41) is 13.1. The van der Waals surface area contributed by atoms with Crippen LogP contribution < -0.4 is 5.32 Å². The van der Waals surface area contributed by atoms with Crippen molar-refractivity contribution in [3.05, 3.63) is 64.6 Å². The lowest BCUT2D eigenvalue weighted by Gasteiger charge is -2.09. The number of nitrogens with one attached hydrogen (secondary N) is 1. The summed E-state index contributed by atoms with van der Waals surface area (Å²) in [7, 11) is 0. The highest BCUT2D eigenvalue weighted by Gasteiger charge is 2.20. The number of aryl methyl sites for hydroxylation is 2. The van der Waals surface area contributed by atoms with Gasteiger partial charge in [-0.15, -0.1) is 10.2 Å². The maximum atomic E-state index is 12.9. The van der Waals surface area contributed by atoms with Gasteiger partial charge in [-0.05, 0) is 38.0 Å². The van der Waals surface area contributed by atoms with Gasteiger partial charge in [0.05, 0.1) is 5.02 Å². The molecular formula is C23H21ClN4O2. The number of hydrogen-bond donors (Lipinski definition) is 1. The largest absolute Gasteiger partial charge is 0.449 e. The predicted octanol–water partition coefficient (Wildman–Crippen LogP) is 5.63. The summed E-state index contributed by atoms with van der Waals surface area (Å²) in [4.78, 5) is 12.9. The fourth-order valence-electron chi connectivity index (χ4n) is 4.05. The van der Waals surface area contributed by atoms with E-state index >= 15 is 0 Å². The Balaban J connectivity index is 1.45. The number of furan rings is 1. The number of amides is 1. The lowest BCUT2D eigenvalue weighted by atomic mass is 10.1. The van der Waals surface area contributed by atoms with Crippen LogP contribution in [-0.4, -0.2) is 20.7 Å². The third kappa shape index (κ3) is 3.27. The highest BCUT2D eigenvalue weighted by atomic mass is 35.5. The van der Waals surface area contributed by atoms with E-state index in [0.717, 1.165) is 54.0 Å². The molecule has 0 radical (unpaired) electrons. The number of carbonyl (C=O) groups excluding carboxylic acids is 1. The number of benzene rings is 2. The van der Waals surface area contributed by atoms with Crippen LogP contribution >= 0.6 is 11.6 Å². The Morgan fingerprint density at radius 3 is 2.87 bits per heavy atom. The van der Waals surface area contributed by atoms with Gasteiger partial charge in [-0.2, -0.15) is 0 Å². The number of rotatable bonds is 3. The summed E-state index contributed by atoms with van der Waals surface area (Å²) >= 11 is 6.21. The summed E-state index contributed by atoms with van der Waals surface area (Å²) in [5.74, 6) is 1.83. The number of anilines is 1. The van der Waals surface area contributed by atoms with E-state index in [1.165, 1.54) is 6.42 Å². The van der Waals surface area contributed by atoms with Gasteiger partial charge in [-0.25, -0.2) is 0 Å². The maximum Gasteiger partial charge on any atom is 0.291 e. The lowest BCUT2D eigenvalue weighted by molar-refractivity contribution is 0.0998. The molecule has 1 aliphatic rings. The Hall–Kier alpha value is -3.12. The van der Waals surface area contributed by atoms with Crippen LogP contribution in [0.2, 0.25) is 5.02 Å². The van der Waals surface area contributed by atoms with E-state index in [2.05, 4.69) is 20.1 Å². The molecule has 0 bridgehead atoms. The molecule has 1 N–H and O–H groups in total. The molecule has 4 aromatic rings. The first kappa shape index (κ1) is 18.9. The number of para-hydroxylation sites is 1. The third-order valence-electron chi connectivity index (χ3n) is 5.61. The topological polar surface area (TPSA) is 73.0 Å². The van der Waals surface area contributed by atoms with Crippen molar-refractivity contribution in [3.63, 3.8) is 0 Å². The lowest BCUT2D eigenvalue weighted by Crippen LogP contribution is -2.12. The van der Waals surface area contributed by atoms with Crippen LogP contribution in [-0.2, 0) is 13.0 Å². The van der Waals surface area contributed by atoms with Crippen molar-refractivity contribution < 1.29 is 9.21 Å². The van der Waals surface area contributed by atoms with E-state index in [-0.39, 0.29) is 11.7 Å². The monoisotopic (exact) mass is 420 g/mol. The first-order chi connectivity index (χ1) is 14.6. The van der Waals surface area contributed by atoms with Gasteiger partial charge in [0.25, 0.3) is 5.91 Å². The van der Waals surface area contributed by atoms with Crippen molar-refractivity contribution in [1.29, 1.82) is 0 Å². The fourth-order valence-corrected chi connectivity index (χ4v) is 4.26. The molecule has 3 heterocycles. The van der Waals surface area contributed by atoms with E-state index < -0.39 is 0 Å². The summed E-state index contributed by atoms with van der Waals surface area (Å²) in [6, 6.07) is 13.2. The quantitative estimate of drug-likeness (QED) is 0.466. The van der Waals surface area contributed by atoms with E-state index in [9.17, 15) is 4.79 Å². The van der Waals surface area contributed by atoms with Gasteiger partial charge in [0.2, 0.25) is 0 Å². The number of aromatic nitrogens is 3. The molecule has 0 atom stereocenters. The molecule has 0 spiro atoms. The molecule has 1 aliphatic heterocycles. The standard InChI is InChI=1S/C23H21ClN4O2/c1-14-17-9-6-10-18(24)21(17)30-20(14)23(29)25-16-8-5-7-15(13-16)22-27-26-19-11-3-2-4-12-28(19)22/h5-10,13H,2-4,11-12H2,1H3,(H,25,29). The minimum Gasteiger partial charge on any atom is -0.449 e. The molecule has 2 aromatic heterocycles. The Morgan fingerprint density at radius 1 is 1.13 bits per heavy atom. The number of hydrogen-bond acceptors (Lipinski definition) is 4. The average molecular weight is 421 g/mol. The summed E-state index contributed by atoms with van der Waals surface area (Å²) in [6.45, 7) is 2.78. The van der Waals surface area contributed by atoms with Gasteiger partial charge >= 0.3 is 0 Å². The van der Waals surface area contributed by atoms with Gasteiger partial charge in [0.15, 0.2) is 17.2 Å². The van der Waals surface area contributed by atoms with Gasteiger partial charge in [-0.1, -0.05) is 42.3 Å². The van der Waals surface area contributed by atoms with Gasteiger partial charge in [0.1, 0.15) is 5.82 Å². The maximum absolute atomic E-state index is 12.9. The van der Waals surface area contributed by atoms with Crippen LogP contribution in [0.5, 0.6) is 0 Å².